The molecule has 0 heterocycles. The van der Waals surface area contributed by atoms with Crippen molar-refractivity contribution in [2.24, 2.45) is 5.73 Å². The number of amides is 2. The molecule has 0 aliphatic carbocycles. The Bertz CT molecular complexity index is 386. The Morgan fingerprint density at radius 2 is 0.962 bits per heavy atom. The lowest BCUT2D eigenvalue weighted by atomic mass is 10.0. The smallest absolute Gasteiger partial charge is 0.322 e. The third kappa shape index (κ3) is 20.5. The first-order valence-corrected chi connectivity index (χ1v) is 10.3. The minimum absolute atomic E-state index is 0.166. The van der Waals surface area contributed by atoms with Crippen LogP contribution in [0.1, 0.15) is 103 Å². The number of primary amides is 1. The zero-order chi connectivity index (χ0) is 19.5. The molecule has 0 saturated heterocycles. The van der Waals surface area contributed by atoms with E-state index in [4.69, 9.17) is 10.8 Å². The summed E-state index contributed by atoms with van der Waals surface area (Å²) in [6, 6.07) is 0. The van der Waals surface area contributed by atoms with Crippen LogP contribution in [0.4, 0.5) is 0 Å². The van der Waals surface area contributed by atoms with Crippen LogP contribution in [0.3, 0.4) is 0 Å². The zero-order valence-corrected chi connectivity index (χ0v) is 16.3. The zero-order valence-electron chi connectivity index (χ0n) is 16.3. The molecule has 2 amide bonds. The standard InChI is InChI=1S/C20H38N2O4/c21-18(23)15-13-11-9-7-5-3-1-2-4-6-8-10-12-14-16-19(24)22-17-20(25)26/h1-17H2,(H2,21,23)(H,22,24)(H,25,26). The molecule has 0 radical (unpaired) electrons. The molecule has 4 N–H and O–H groups in total. The fourth-order valence-corrected chi connectivity index (χ4v) is 2.97. The Morgan fingerprint density at radius 3 is 1.31 bits per heavy atom. The first-order valence-electron chi connectivity index (χ1n) is 10.3. The number of carboxylic acids is 1. The van der Waals surface area contributed by atoms with Crippen LogP contribution in [0.15, 0.2) is 0 Å². The van der Waals surface area contributed by atoms with Crippen LogP contribution < -0.4 is 11.1 Å². The summed E-state index contributed by atoms with van der Waals surface area (Å²) in [5.74, 6) is -1.36. The number of carbonyl (C=O) groups excluding carboxylic acids is 2. The maximum atomic E-state index is 11.3. The van der Waals surface area contributed by atoms with E-state index in [1.807, 2.05) is 0 Å². The number of nitrogens with one attached hydrogen (secondary N) is 1. The van der Waals surface area contributed by atoms with E-state index in [9.17, 15) is 14.4 Å². The van der Waals surface area contributed by atoms with Crippen LogP contribution in [0, 0.1) is 0 Å². The van der Waals surface area contributed by atoms with Gasteiger partial charge in [0.25, 0.3) is 0 Å². The van der Waals surface area contributed by atoms with Gasteiger partial charge in [-0.2, -0.15) is 0 Å². The molecule has 0 aromatic rings. The molecule has 0 fully saturated rings. The van der Waals surface area contributed by atoms with Gasteiger partial charge in [0.05, 0.1) is 0 Å². The van der Waals surface area contributed by atoms with E-state index in [0.717, 1.165) is 32.1 Å². The SMILES string of the molecule is NC(=O)CCCCCCCCCCCCCCCCC(=O)NCC(=O)O. The monoisotopic (exact) mass is 370 g/mol. The van der Waals surface area contributed by atoms with E-state index >= 15 is 0 Å². The number of unbranched alkanes of at least 4 members (excludes halogenated alkanes) is 13. The molecular formula is C20H38N2O4. The third-order valence-electron chi connectivity index (χ3n) is 4.51. The Labute approximate surface area is 158 Å². The maximum absolute atomic E-state index is 11.3. The molecule has 6 nitrogen and oxygen atoms in total. The first kappa shape index (κ1) is 24.4. The molecule has 0 rings (SSSR count). The Kier molecular flexibility index (Phi) is 17.1. The maximum Gasteiger partial charge on any atom is 0.322 e. The first-order chi connectivity index (χ1) is 12.5. The number of rotatable bonds is 19. The van der Waals surface area contributed by atoms with Crippen molar-refractivity contribution in [2.75, 3.05) is 6.54 Å². The van der Waals surface area contributed by atoms with Gasteiger partial charge in [0.2, 0.25) is 11.8 Å². The molecule has 0 aliphatic rings. The lowest BCUT2D eigenvalue weighted by Crippen LogP contribution is -2.28. The predicted molar refractivity (Wildman–Crippen MR) is 104 cm³/mol. The van der Waals surface area contributed by atoms with E-state index in [-0.39, 0.29) is 18.4 Å². The van der Waals surface area contributed by atoms with Crippen LogP contribution in [0.25, 0.3) is 0 Å². The van der Waals surface area contributed by atoms with Crippen LogP contribution in [0.2, 0.25) is 0 Å². The van der Waals surface area contributed by atoms with Crippen molar-refractivity contribution >= 4 is 17.8 Å². The second-order valence-corrected chi connectivity index (χ2v) is 7.09. The van der Waals surface area contributed by atoms with Gasteiger partial charge in [0, 0.05) is 12.8 Å². The predicted octanol–water partition coefficient (Wildman–Crippen LogP) is 3.91. The molecule has 0 unspecified atom stereocenters. The van der Waals surface area contributed by atoms with Gasteiger partial charge in [-0.05, 0) is 12.8 Å². The van der Waals surface area contributed by atoms with E-state index in [1.165, 1.54) is 57.8 Å². The quantitative estimate of drug-likeness (QED) is 0.299. The average Bonchev–Trinajstić information content (AvgIpc) is 2.59. The lowest BCUT2D eigenvalue weighted by Gasteiger charge is -2.04. The van der Waals surface area contributed by atoms with Gasteiger partial charge in [-0.25, -0.2) is 0 Å². The van der Waals surface area contributed by atoms with Crippen molar-refractivity contribution in [3.05, 3.63) is 0 Å². The van der Waals surface area contributed by atoms with Crippen molar-refractivity contribution in [3.63, 3.8) is 0 Å². The van der Waals surface area contributed by atoms with Crippen molar-refractivity contribution in [3.8, 4) is 0 Å². The lowest BCUT2D eigenvalue weighted by molar-refractivity contribution is -0.138. The highest BCUT2D eigenvalue weighted by Gasteiger charge is 2.03. The summed E-state index contributed by atoms with van der Waals surface area (Å²) in [5.41, 5.74) is 5.11. The fourth-order valence-electron chi connectivity index (χ4n) is 2.97. The van der Waals surface area contributed by atoms with Crippen LogP contribution in [-0.4, -0.2) is 29.4 Å². The van der Waals surface area contributed by atoms with Gasteiger partial charge in [-0.1, -0.05) is 77.0 Å². The van der Waals surface area contributed by atoms with Crippen molar-refractivity contribution in [1.82, 2.24) is 5.32 Å². The highest BCUT2D eigenvalue weighted by molar-refractivity contribution is 5.80. The van der Waals surface area contributed by atoms with Gasteiger partial charge >= 0.3 is 5.97 Å². The third-order valence-corrected chi connectivity index (χ3v) is 4.51. The van der Waals surface area contributed by atoms with Crippen LogP contribution >= 0.6 is 0 Å². The molecule has 0 aromatic carbocycles. The summed E-state index contributed by atoms with van der Waals surface area (Å²) in [6.45, 7) is -0.284. The van der Waals surface area contributed by atoms with E-state index in [2.05, 4.69) is 5.32 Å². The van der Waals surface area contributed by atoms with Crippen LogP contribution in [0.5, 0.6) is 0 Å². The van der Waals surface area contributed by atoms with Crippen molar-refractivity contribution in [2.45, 2.75) is 103 Å². The second-order valence-electron chi connectivity index (χ2n) is 7.09. The highest BCUT2D eigenvalue weighted by atomic mass is 16.4. The van der Waals surface area contributed by atoms with Gasteiger partial charge in [0.1, 0.15) is 6.54 Å². The van der Waals surface area contributed by atoms with E-state index < -0.39 is 5.97 Å². The molecule has 0 aliphatic heterocycles. The molecule has 0 saturated carbocycles. The molecular weight excluding hydrogens is 332 g/mol. The summed E-state index contributed by atoms with van der Waals surface area (Å²) >= 11 is 0. The number of hydrogen-bond acceptors (Lipinski definition) is 3. The molecule has 152 valence electrons. The minimum Gasteiger partial charge on any atom is -0.480 e. The minimum atomic E-state index is -1.00. The van der Waals surface area contributed by atoms with Gasteiger partial charge < -0.3 is 16.2 Å². The van der Waals surface area contributed by atoms with E-state index in [1.54, 1.807) is 0 Å². The number of hydrogen-bond donors (Lipinski definition) is 3. The summed E-state index contributed by atoms with van der Waals surface area (Å²) in [4.78, 5) is 32.2. The normalized spacial score (nSPS) is 10.6. The topological polar surface area (TPSA) is 109 Å². The molecule has 0 spiro atoms. The number of aliphatic carboxylic acids is 1. The molecule has 0 bridgehead atoms. The van der Waals surface area contributed by atoms with E-state index in [0.29, 0.717) is 12.8 Å². The highest BCUT2D eigenvalue weighted by Crippen LogP contribution is 2.13. The molecule has 0 atom stereocenters. The Morgan fingerprint density at radius 1 is 0.615 bits per heavy atom. The molecule has 0 aromatic heterocycles. The van der Waals surface area contributed by atoms with Gasteiger partial charge in [-0.15, -0.1) is 0 Å². The summed E-state index contributed by atoms with van der Waals surface area (Å²) in [7, 11) is 0. The summed E-state index contributed by atoms with van der Waals surface area (Å²) in [6.07, 6.45) is 17.5. The second kappa shape index (κ2) is 18.2. The molecule has 6 heteroatoms. The average molecular weight is 371 g/mol. The number of carboxylic acid groups (broad SMARTS) is 1. The Balaban J connectivity index is 3.12. The van der Waals surface area contributed by atoms with Crippen molar-refractivity contribution in [1.29, 1.82) is 0 Å². The largest absolute Gasteiger partial charge is 0.480 e. The Hall–Kier alpha value is -1.59. The fraction of sp³-hybridized carbons (Fsp3) is 0.850. The van der Waals surface area contributed by atoms with Gasteiger partial charge in [0.15, 0.2) is 0 Å². The molecule has 26 heavy (non-hydrogen) atoms. The van der Waals surface area contributed by atoms with Gasteiger partial charge in [-0.3, -0.25) is 14.4 Å². The number of carbonyl (C=O) groups is 3. The van der Waals surface area contributed by atoms with Crippen molar-refractivity contribution < 1.29 is 19.5 Å². The number of nitrogens with two attached hydrogens (primary N) is 1. The van der Waals surface area contributed by atoms with Crippen LogP contribution in [-0.2, 0) is 14.4 Å². The summed E-state index contributed by atoms with van der Waals surface area (Å²) in [5, 5.41) is 10.8. The summed E-state index contributed by atoms with van der Waals surface area (Å²) < 4.78 is 0.